The molecule has 33 heavy (non-hydrogen) atoms. The number of fused-ring (bicyclic) bond motifs is 1. The molecule has 1 fully saturated rings. The Morgan fingerprint density at radius 3 is 2.79 bits per heavy atom. The Labute approximate surface area is 209 Å². The van der Waals surface area contributed by atoms with Crippen LogP contribution in [0.5, 0.6) is 0 Å². The highest BCUT2D eigenvalue weighted by Gasteiger charge is 2.37. The number of benzene rings is 1. The van der Waals surface area contributed by atoms with Crippen LogP contribution in [0.15, 0.2) is 18.2 Å². The summed E-state index contributed by atoms with van der Waals surface area (Å²) in [7, 11) is 0. The monoisotopic (exact) mass is 584 g/mol. The first-order valence-corrected chi connectivity index (χ1v) is 12.7. The van der Waals surface area contributed by atoms with E-state index in [2.05, 4.69) is 16.0 Å². The Morgan fingerprint density at radius 1 is 1.33 bits per heavy atom. The highest BCUT2D eigenvalue weighted by Crippen LogP contribution is 2.41. The van der Waals surface area contributed by atoms with E-state index in [-0.39, 0.29) is 34.9 Å². The van der Waals surface area contributed by atoms with Crippen molar-refractivity contribution in [3.63, 3.8) is 0 Å². The lowest BCUT2D eigenvalue weighted by Crippen LogP contribution is -2.37. The minimum Gasteiger partial charge on any atom is -0.352 e. The van der Waals surface area contributed by atoms with Crippen LogP contribution in [0, 0.1) is 14.8 Å². The van der Waals surface area contributed by atoms with Crippen LogP contribution in [0.2, 0.25) is 0 Å². The first-order chi connectivity index (χ1) is 15.5. The third kappa shape index (κ3) is 5.16. The van der Waals surface area contributed by atoms with Crippen LogP contribution in [0.3, 0.4) is 0 Å². The number of likely N-dealkylation sites (tertiary alicyclic amines) is 1. The summed E-state index contributed by atoms with van der Waals surface area (Å²) >= 11 is 3.22. The van der Waals surface area contributed by atoms with Crippen LogP contribution in [-0.4, -0.2) is 48.3 Å². The summed E-state index contributed by atoms with van der Waals surface area (Å²) in [5, 5.41) is 9.36. The van der Waals surface area contributed by atoms with Crippen molar-refractivity contribution in [3.8, 4) is 0 Å². The van der Waals surface area contributed by atoms with Gasteiger partial charge in [-0.2, -0.15) is 0 Å². The molecule has 0 saturated carbocycles. The van der Waals surface area contributed by atoms with Crippen LogP contribution in [-0.2, 0) is 11.2 Å². The van der Waals surface area contributed by atoms with Crippen LogP contribution in [0.4, 0.5) is 15.1 Å². The second-order valence-corrected chi connectivity index (χ2v) is 11.6. The number of halogens is 2. The number of hydrogen-bond donors (Lipinski definition) is 3. The van der Waals surface area contributed by atoms with Gasteiger partial charge in [-0.25, -0.2) is 4.39 Å². The van der Waals surface area contributed by atoms with Crippen LogP contribution >= 0.6 is 33.9 Å². The minimum absolute atomic E-state index is 0.103. The summed E-state index contributed by atoms with van der Waals surface area (Å²) in [4.78, 5) is 40.2. The predicted octanol–water partition coefficient (Wildman–Crippen LogP) is 3.90. The van der Waals surface area contributed by atoms with E-state index in [1.165, 1.54) is 24.3 Å². The van der Waals surface area contributed by atoms with Gasteiger partial charge < -0.3 is 20.9 Å². The van der Waals surface area contributed by atoms with Gasteiger partial charge in [0, 0.05) is 36.2 Å². The molecule has 3 amide bonds. The molecule has 1 aromatic heterocycles. The quantitative estimate of drug-likeness (QED) is 0.476. The first kappa shape index (κ1) is 23.9. The molecule has 4 rings (SSSR count). The Morgan fingerprint density at radius 2 is 2.09 bits per heavy atom. The van der Waals surface area contributed by atoms with Crippen molar-refractivity contribution < 1.29 is 18.8 Å². The molecular formula is C23H26FIN4O3S. The van der Waals surface area contributed by atoms with Gasteiger partial charge >= 0.3 is 0 Å². The molecule has 0 aliphatic carbocycles. The maximum atomic E-state index is 14.6. The lowest BCUT2D eigenvalue weighted by atomic mass is 9.85. The van der Waals surface area contributed by atoms with E-state index in [9.17, 15) is 18.8 Å². The van der Waals surface area contributed by atoms with Gasteiger partial charge in [-0.15, -0.1) is 11.3 Å². The fraction of sp³-hybridized carbons (Fsp3) is 0.435. The van der Waals surface area contributed by atoms with Gasteiger partial charge in [0.1, 0.15) is 10.8 Å². The first-order valence-electron chi connectivity index (χ1n) is 10.8. The summed E-state index contributed by atoms with van der Waals surface area (Å²) in [5.74, 6) is -0.989. The number of hydrogen-bond acceptors (Lipinski definition) is 5. The fourth-order valence-corrected chi connectivity index (χ4v) is 5.89. The standard InChI is InChI=1S/C23H26FIN4O3S/c1-12(30)27-14-6-7-29(10-14)22(32)18-15-9-23(2,3)11-26-20(31)19(15)33-21(18)28-17-5-4-13(25)8-16(17)24/h4-5,8,14,28H,6-7,9-11H2,1-3H3,(H,26,31)(H,27,30). The van der Waals surface area contributed by atoms with E-state index in [4.69, 9.17) is 0 Å². The summed E-state index contributed by atoms with van der Waals surface area (Å²) in [6, 6.07) is 4.72. The Hall–Kier alpha value is -2.21. The molecular weight excluding hydrogens is 558 g/mol. The number of carbonyl (C=O) groups is 3. The van der Waals surface area contributed by atoms with Crippen molar-refractivity contribution in [3.05, 3.63) is 43.6 Å². The van der Waals surface area contributed by atoms with E-state index in [0.29, 0.717) is 53.5 Å². The van der Waals surface area contributed by atoms with E-state index in [1.54, 1.807) is 17.0 Å². The fourth-order valence-electron chi connectivity index (χ4n) is 4.29. The number of nitrogens with one attached hydrogen (secondary N) is 3. The number of carbonyl (C=O) groups excluding carboxylic acids is 3. The molecule has 10 heteroatoms. The zero-order valence-corrected chi connectivity index (χ0v) is 21.7. The van der Waals surface area contributed by atoms with Crippen LogP contribution < -0.4 is 16.0 Å². The van der Waals surface area contributed by atoms with Gasteiger partial charge in [0.2, 0.25) is 5.91 Å². The van der Waals surface area contributed by atoms with Gasteiger partial charge in [0.25, 0.3) is 11.8 Å². The average molecular weight is 584 g/mol. The third-order valence-electron chi connectivity index (χ3n) is 5.87. The van der Waals surface area contributed by atoms with Gasteiger partial charge in [-0.05, 0) is 64.6 Å². The summed E-state index contributed by atoms with van der Waals surface area (Å²) in [6.45, 7) is 6.95. The topological polar surface area (TPSA) is 90.5 Å². The van der Waals surface area contributed by atoms with E-state index < -0.39 is 5.82 Å². The number of nitrogens with zero attached hydrogens (tertiary/aromatic N) is 1. The molecule has 0 bridgehead atoms. The van der Waals surface area contributed by atoms with E-state index >= 15 is 0 Å². The molecule has 7 nitrogen and oxygen atoms in total. The van der Waals surface area contributed by atoms with Crippen molar-refractivity contribution in [2.24, 2.45) is 5.41 Å². The van der Waals surface area contributed by atoms with Crippen molar-refractivity contribution in [1.29, 1.82) is 0 Å². The molecule has 3 heterocycles. The second-order valence-electron chi connectivity index (χ2n) is 9.32. The third-order valence-corrected chi connectivity index (χ3v) is 7.69. The van der Waals surface area contributed by atoms with Crippen molar-refractivity contribution >= 4 is 62.3 Å². The summed E-state index contributed by atoms with van der Waals surface area (Å²) < 4.78 is 15.4. The highest BCUT2D eigenvalue weighted by molar-refractivity contribution is 14.1. The predicted molar refractivity (Wildman–Crippen MR) is 135 cm³/mol. The van der Waals surface area contributed by atoms with Crippen molar-refractivity contribution in [2.75, 3.05) is 25.0 Å². The molecule has 176 valence electrons. The van der Waals surface area contributed by atoms with Crippen molar-refractivity contribution in [1.82, 2.24) is 15.5 Å². The zero-order chi connectivity index (χ0) is 23.9. The molecule has 1 atom stereocenters. The van der Waals surface area contributed by atoms with Crippen LogP contribution in [0.1, 0.15) is 52.8 Å². The molecule has 1 aromatic carbocycles. The molecule has 0 radical (unpaired) electrons. The maximum Gasteiger partial charge on any atom is 0.261 e. The Balaban J connectivity index is 1.75. The molecule has 1 unspecified atom stereocenters. The van der Waals surface area contributed by atoms with Gasteiger partial charge in [0.15, 0.2) is 0 Å². The highest BCUT2D eigenvalue weighted by atomic mass is 127. The largest absolute Gasteiger partial charge is 0.352 e. The van der Waals surface area contributed by atoms with Crippen molar-refractivity contribution in [2.45, 2.75) is 39.7 Å². The summed E-state index contributed by atoms with van der Waals surface area (Å²) in [6.07, 6.45) is 1.20. The smallest absolute Gasteiger partial charge is 0.261 e. The van der Waals surface area contributed by atoms with Gasteiger partial charge in [-0.3, -0.25) is 14.4 Å². The van der Waals surface area contributed by atoms with E-state index in [0.717, 1.165) is 3.57 Å². The SMILES string of the molecule is CC(=O)NC1CCN(C(=O)c2c(Nc3ccc(I)cc3F)sc3c2CC(C)(C)CNC3=O)C1. The number of thiophene rings is 1. The molecule has 0 spiro atoms. The molecule has 2 aliphatic rings. The van der Waals surface area contributed by atoms with Gasteiger partial charge in [-0.1, -0.05) is 13.8 Å². The summed E-state index contributed by atoms with van der Waals surface area (Å²) in [5.41, 5.74) is 1.12. The van der Waals surface area contributed by atoms with Gasteiger partial charge in [0.05, 0.1) is 16.1 Å². The maximum absolute atomic E-state index is 14.6. The minimum atomic E-state index is -0.430. The van der Waals surface area contributed by atoms with E-state index in [1.807, 2.05) is 36.4 Å². The zero-order valence-electron chi connectivity index (χ0n) is 18.7. The molecule has 2 aliphatic heterocycles. The molecule has 1 saturated heterocycles. The van der Waals surface area contributed by atoms with Crippen LogP contribution in [0.25, 0.3) is 0 Å². The normalized spacial score (nSPS) is 19.5. The molecule has 2 aromatic rings. The second kappa shape index (κ2) is 9.21. The number of anilines is 2. The molecule has 3 N–H and O–H groups in total. The number of rotatable bonds is 4. The Bertz CT molecular complexity index is 1130. The lowest BCUT2D eigenvalue weighted by molar-refractivity contribution is -0.119. The lowest BCUT2D eigenvalue weighted by Gasteiger charge is -2.24. The number of amides is 3. The average Bonchev–Trinajstić information content (AvgIpc) is 3.29. The Kier molecular flexibility index (Phi) is 6.68.